The van der Waals surface area contributed by atoms with Crippen LogP contribution in [0.15, 0.2) is 47.8 Å². The monoisotopic (exact) mass is 397 g/mol. The predicted octanol–water partition coefficient (Wildman–Crippen LogP) is 5.28. The van der Waals surface area contributed by atoms with Crippen molar-refractivity contribution in [1.29, 1.82) is 0 Å². The molecule has 0 radical (unpaired) electrons. The van der Waals surface area contributed by atoms with E-state index < -0.39 is 0 Å². The van der Waals surface area contributed by atoms with Crippen LogP contribution in [0.3, 0.4) is 0 Å². The molecule has 3 aromatic rings. The molecule has 0 saturated heterocycles. The highest BCUT2D eigenvalue weighted by Gasteiger charge is 2.13. The van der Waals surface area contributed by atoms with Crippen molar-refractivity contribution in [3.63, 3.8) is 0 Å². The molecule has 28 heavy (non-hydrogen) atoms. The Morgan fingerprint density at radius 3 is 2.46 bits per heavy atom. The van der Waals surface area contributed by atoms with Crippen LogP contribution in [0.4, 0.5) is 16.5 Å². The molecule has 0 bridgehead atoms. The first-order valence-corrected chi connectivity index (χ1v) is 9.74. The third-order valence-corrected chi connectivity index (χ3v) is 4.98. The number of hydrogen-bond donors (Lipinski definition) is 2. The third kappa shape index (κ3) is 4.61. The van der Waals surface area contributed by atoms with E-state index in [0.29, 0.717) is 28.2 Å². The Labute approximate surface area is 168 Å². The Morgan fingerprint density at radius 1 is 1.07 bits per heavy atom. The van der Waals surface area contributed by atoms with Crippen molar-refractivity contribution in [3.05, 3.63) is 59.1 Å². The van der Waals surface area contributed by atoms with Gasteiger partial charge in [0.15, 0.2) is 5.13 Å². The summed E-state index contributed by atoms with van der Waals surface area (Å²) in [6, 6.07) is 13.3. The average Bonchev–Trinajstić information content (AvgIpc) is 3.17. The summed E-state index contributed by atoms with van der Waals surface area (Å²) in [7, 11) is 3.19. The van der Waals surface area contributed by atoms with Gasteiger partial charge in [0.25, 0.3) is 5.91 Å². The van der Waals surface area contributed by atoms with Gasteiger partial charge in [-0.15, -0.1) is 11.3 Å². The quantitative estimate of drug-likeness (QED) is 0.567. The second-order valence-corrected chi connectivity index (χ2v) is 7.32. The minimum absolute atomic E-state index is 0.247. The van der Waals surface area contributed by atoms with Gasteiger partial charge in [-0.3, -0.25) is 4.79 Å². The average molecular weight is 398 g/mol. The highest BCUT2D eigenvalue weighted by molar-refractivity contribution is 7.14. The Hall–Kier alpha value is -3.06. The minimum atomic E-state index is -0.247. The summed E-state index contributed by atoms with van der Waals surface area (Å²) in [5, 5.41) is 8.38. The lowest BCUT2D eigenvalue weighted by molar-refractivity contribution is 0.102. The molecular weight excluding hydrogens is 374 g/mol. The fourth-order valence-corrected chi connectivity index (χ4v) is 3.30. The molecule has 0 atom stereocenters. The summed E-state index contributed by atoms with van der Waals surface area (Å²) < 4.78 is 10.6. The zero-order valence-electron chi connectivity index (χ0n) is 16.3. The summed E-state index contributed by atoms with van der Waals surface area (Å²) in [6.45, 7) is 4.27. The van der Waals surface area contributed by atoms with Gasteiger partial charge in [-0.25, -0.2) is 4.98 Å². The Balaban J connectivity index is 1.69. The van der Waals surface area contributed by atoms with E-state index in [0.717, 1.165) is 11.4 Å². The van der Waals surface area contributed by atoms with E-state index in [1.54, 1.807) is 25.7 Å². The van der Waals surface area contributed by atoms with Crippen molar-refractivity contribution >= 4 is 33.8 Å². The molecule has 0 saturated carbocycles. The lowest BCUT2D eigenvalue weighted by atomic mass is 10.0. The number of nitrogens with zero attached hydrogens (tertiary/aromatic N) is 1. The van der Waals surface area contributed by atoms with Gasteiger partial charge in [0.1, 0.15) is 17.2 Å². The maximum Gasteiger partial charge on any atom is 0.275 e. The number of hydrogen-bond acceptors (Lipinski definition) is 6. The summed E-state index contributed by atoms with van der Waals surface area (Å²) in [6.07, 6.45) is 0. The van der Waals surface area contributed by atoms with Gasteiger partial charge in [0, 0.05) is 17.1 Å². The molecule has 0 fully saturated rings. The molecule has 6 nitrogen and oxygen atoms in total. The van der Waals surface area contributed by atoms with Crippen molar-refractivity contribution in [3.8, 4) is 11.5 Å². The number of carbonyl (C=O) groups excluding carboxylic acids is 1. The smallest absolute Gasteiger partial charge is 0.275 e. The lowest BCUT2D eigenvalue weighted by Crippen LogP contribution is -2.12. The number of thiazole rings is 1. The van der Waals surface area contributed by atoms with Gasteiger partial charge in [-0.1, -0.05) is 26.0 Å². The fraction of sp³-hybridized carbons (Fsp3) is 0.238. The zero-order chi connectivity index (χ0) is 20.1. The van der Waals surface area contributed by atoms with E-state index in [9.17, 15) is 4.79 Å². The minimum Gasteiger partial charge on any atom is -0.497 e. The second kappa shape index (κ2) is 8.75. The van der Waals surface area contributed by atoms with Crippen LogP contribution in [0.1, 0.15) is 35.8 Å². The highest BCUT2D eigenvalue weighted by atomic mass is 32.1. The molecule has 1 amide bonds. The number of rotatable bonds is 7. The van der Waals surface area contributed by atoms with Gasteiger partial charge in [-0.05, 0) is 35.7 Å². The number of anilines is 3. The molecule has 1 heterocycles. The van der Waals surface area contributed by atoms with Crippen LogP contribution in [-0.2, 0) is 0 Å². The first-order valence-electron chi connectivity index (χ1n) is 8.86. The van der Waals surface area contributed by atoms with Crippen LogP contribution in [-0.4, -0.2) is 25.1 Å². The summed E-state index contributed by atoms with van der Waals surface area (Å²) >= 11 is 1.35. The number of carbonyl (C=O) groups is 1. The molecule has 7 heteroatoms. The summed E-state index contributed by atoms with van der Waals surface area (Å²) in [4.78, 5) is 16.8. The molecular formula is C21H23N3O3S. The van der Waals surface area contributed by atoms with E-state index >= 15 is 0 Å². The van der Waals surface area contributed by atoms with Gasteiger partial charge in [0.05, 0.1) is 19.9 Å². The molecule has 2 N–H and O–H groups in total. The van der Waals surface area contributed by atoms with Crippen LogP contribution in [0.25, 0.3) is 0 Å². The number of nitrogens with one attached hydrogen (secondary N) is 2. The van der Waals surface area contributed by atoms with Gasteiger partial charge >= 0.3 is 0 Å². The van der Waals surface area contributed by atoms with Crippen molar-refractivity contribution < 1.29 is 14.3 Å². The molecule has 2 aromatic carbocycles. The van der Waals surface area contributed by atoms with Gasteiger partial charge < -0.3 is 20.1 Å². The van der Waals surface area contributed by atoms with E-state index in [1.165, 1.54) is 16.9 Å². The molecule has 1 aromatic heterocycles. The molecule has 146 valence electrons. The highest BCUT2D eigenvalue weighted by Crippen LogP contribution is 2.32. The van der Waals surface area contributed by atoms with Crippen LogP contribution in [0.2, 0.25) is 0 Å². The molecule has 0 spiro atoms. The molecule has 0 unspecified atom stereocenters. The Bertz CT molecular complexity index is 952. The number of amides is 1. The van der Waals surface area contributed by atoms with Gasteiger partial charge in [0.2, 0.25) is 0 Å². The molecule has 0 aliphatic rings. The maximum atomic E-state index is 12.5. The van der Waals surface area contributed by atoms with Gasteiger partial charge in [-0.2, -0.15) is 0 Å². The first kappa shape index (κ1) is 19.7. The van der Waals surface area contributed by atoms with Crippen molar-refractivity contribution in [1.82, 2.24) is 4.98 Å². The summed E-state index contributed by atoms with van der Waals surface area (Å²) in [5.74, 6) is 1.53. The molecule has 0 aliphatic heterocycles. The first-order chi connectivity index (χ1) is 13.5. The third-order valence-electron chi connectivity index (χ3n) is 4.22. The number of methoxy groups -OCH3 is 2. The number of aromatic nitrogens is 1. The van der Waals surface area contributed by atoms with Crippen LogP contribution >= 0.6 is 11.3 Å². The topological polar surface area (TPSA) is 72.5 Å². The van der Waals surface area contributed by atoms with E-state index in [4.69, 9.17) is 9.47 Å². The standard InChI is InChI=1S/C21H23N3O3S/c1-13(2)14-5-7-15(8-6-14)22-20(25)18-12-28-21(24-18)23-17-10-9-16(26-3)11-19(17)27-4/h5-13H,1-4H3,(H,22,25)(H,23,24). The van der Waals surface area contributed by atoms with Crippen molar-refractivity contribution in [2.24, 2.45) is 0 Å². The van der Waals surface area contributed by atoms with Crippen LogP contribution in [0, 0.1) is 0 Å². The van der Waals surface area contributed by atoms with Crippen molar-refractivity contribution in [2.45, 2.75) is 19.8 Å². The number of ether oxygens (including phenoxy) is 2. The largest absolute Gasteiger partial charge is 0.497 e. The number of benzene rings is 2. The molecule has 0 aliphatic carbocycles. The van der Waals surface area contributed by atoms with E-state index in [-0.39, 0.29) is 5.91 Å². The lowest BCUT2D eigenvalue weighted by Gasteiger charge is -2.10. The van der Waals surface area contributed by atoms with E-state index in [2.05, 4.69) is 29.5 Å². The van der Waals surface area contributed by atoms with E-state index in [1.807, 2.05) is 36.4 Å². The normalized spacial score (nSPS) is 10.6. The molecule has 3 rings (SSSR count). The van der Waals surface area contributed by atoms with Crippen LogP contribution < -0.4 is 20.1 Å². The van der Waals surface area contributed by atoms with Crippen molar-refractivity contribution in [2.75, 3.05) is 24.9 Å². The Kier molecular flexibility index (Phi) is 6.16. The Morgan fingerprint density at radius 2 is 1.82 bits per heavy atom. The summed E-state index contributed by atoms with van der Waals surface area (Å²) in [5.41, 5.74) is 3.07. The fourth-order valence-electron chi connectivity index (χ4n) is 2.60. The predicted molar refractivity (Wildman–Crippen MR) is 113 cm³/mol. The SMILES string of the molecule is COc1ccc(Nc2nc(C(=O)Nc3ccc(C(C)C)cc3)cs2)c(OC)c1. The second-order valence-electron chi connectivity index (χ2n) is 6.46. The maximum absolute atomic E-state index is 12.5. The zero-order valence-corrected chi connectivity index (χ0v) is 17.1. The van der Waals surface area contributed by atoms with Crippen LogP contribution in [0.5, 0.6) is 11.5 Å².